The molecule has 1 heterocycles. The summed E-state index contributed by atoms with van der Waals surface area (Å²) in [6.45, 7) is 20.7. The average molecular weight is 1490 g/mol. The van der Waals surface area contributed by atoms with E-state index in [1.165, 1.54) is 12.1 Å². The summed E-state index contributed by atoms with van der Waals surface area (Å²) in [5.74, 6) is 0.313. The number of aromatic hydroxyl groups is 2. The molecule has 480 valence electrons. The minimum Gasteiger partial charge on any atom is -0.506 e. The first-order valence-electron chi connectivity index (χ1n) is 29.1. The molecule has 17 heteroatoms. The quantitative estimate of drug-likeness (QED) is 0.0490. The molecule has 0 radical (unpaired) electrons. The van der Waals surface area contributed by atoms with Crippen molar-refractivity contribution in [2.75, 3.05) is 20.0 Å². The van der Waals surface area contributed by atoms with Gasteiger partial charge in [0.1, 0.15) is 60.6 Å². The molecule has 92 heavy (non-hydrogen) atoms. The van der Waals surface area contributed by atoms with Crippen LogP contribution in [0.4, 0.5) is 0 Å². The monoisotopic (exact) mass is 1490 g/mol. The van der Waals surface area contributed by atoms with Crippen LogP contribution in [0.2, 0.25) is 20.1 Å². The maximum atomic E-state index is 13.9. The first kappa shape index (κ1) is 73.5. The molecule has 9 aromatic rings. The fourth-order valence-corrected chi connectivity index (χ4v) is 9.82. The number of carbonyl (C=O) groups excluding carboxylic acids is 2. The number of para-hydroxylation sites is 2. The van der Waals surface area contributed by atoms with Gasteiger partial charge >= 0.3 is 11.9 Å². The Labute approximate surface area is 579 Å². The molecule has 0 fully saturated rings. The second-order valence-electron chi connectivity index (χ2n) is 22.9. The summed E-state index contributed by atoms with van der Waals surface area (Å²) in [4.78, 5) is 27.8. The van der Waals surface area contributed by atoms with E-state index in [4.69, 9.17) is 84.3 Å². The maximum Gasteiger partial charge on any atom is 0.342 e. The van der Waals surface area contributed by atoms with Gasteiger partial charge in [-0.2, -0.15) is 49.2 Å². The van der Waals surface area contributed by atoms with Gasteiger partial charge in [0.2, 0.25) is 6.79 Å². The number of phenols is 2. The number of halogens is 4. The molecular formula is C75H74Cl4HfO12-2. The van der Waals surface area contributed by atoms with Gasteiger partial charge in [-0.25, -0.2) is 9.59 Å². The van der Waals surface area contributed by atoms with Crippen LogP contribution in [0.3, 0.4) is 0 Å². The first-order chi connectivity index (χ1) is 43.5. The van der Waals surface area contributed by atoms with Crippen molar-refractivity contribution in [1.29, 1.82) is 0 Å². The van der Waals surface area contributed by atoms with Crippen LogP contribution in [-0.4, -0.2) is 42.2 Å². The number of hydrogen-bond donors (Lipinski definition) is 2. The Morgan fingerprint density at radius 2 is 0.793 bits per heavy atom. The molecule has 2 N–H and O–H groups in total. The van der Waals surface area contributed by atoms with E-state index in [1.807, 2.05) is 158 Å². The van der Waals surface area contributed by atoms with Crippen LogP contribution < -0.4 is 18.9 Å². The molecule has 0 aliphatic carbocycles. The minimum absolute atomic E-state index is 0. The zero-order valence-electron chi connectivity index (χ0n) is 52.2. The molecule has 10 rings (SSSR count). The third-order valence-electron chi connectivity index (χ3n) is 13.7. The van der Waals surface area contributed by atoms with Crippen molar-refractivity contribution in [3.05, 3.63) is 295 Å². The van der Waals surface area contributed by atoms with Gasteiger partial charge in [-0.3, -0.25) is 0 Å². The van der Waals surface area contributed by atoms with E-state index in [-0.39, 0.29) is 140 Å². The van der Waals surface area contributed by atoms with Crippen LogP contribution in [0.15, 0.2) is 194 Å². The van der Waals surface area contributed by atoms with Gasteiger partial charge in [-0.15, -0.1) is 24.3 Å². The van der Waals surface area contributed by atoms with Gasteiger partial charge in [0.05, 0.1) is 36.5 Å². The minimum atomic E-state index is -0.551. The molecule has 0 unspecified atom stereocenters. The van der Waals surface area contributed by atoms with E-state index in [9.17, 15) is 19.8 Å². The largest absolute Gasteiger partial charge is 0.506 e. The third-order valence-corrected chi connectivity index (χ3v) is 14.8. The van der Waals surface area contributed by atoms with Crippen molar-refractivity contribution in [2.45, 2.75) is 92.0 Å². The zero-order valence-corrected chi connectivity index (χ0v) is 58.9. The number of phenolic OH excluding ortho intramolecular Hbond substituents is 2. The molecule has 0 spiro atoms. The number of benzene rings is 9. The zero-order chi connectivity index (χ0) is 65.5. The summed E-state index contributed by atoms with van der Waals surface area (Å²) in [6, 6.07) is 59.7. The summed E-state index contributed by atoms with van der Waals surface area (Å²) < 4.78 is 48.0. The number of esters is 2. The molecule has 0 aromatic heterocycles. The van der Waals surface area contributed by atoms with Crippen molar-refractivity contribution in [3.63, 3.8) is 0 Å². The second kappa shape index (κ2) is 36.0. The Morgan fingerprint density at radius 1 is 0.457 bits per heavy atom. The summed E-state index contributed by atoms with van der Waals surface area (Å²) >= 11 is 23.4. The summed E-state index contributed by atoms with van der Waals surface area (Å²) in [5, 5.41) is 20.8. The molecular weight excluding hydrogens is 1410 g/mol. The molecule has 0 amide bonds. The van der Waals surface area contributed by atoms with Crippen molar-refractivity contribution in [1.82, 2.24) is 0 Å². The van der Waals surface area contributed by atoms with Crippen molar-refractivity contribution < 1.29 is 83.5 Å². The van der Waals surface area contributed by atoms with E-state index in [0.717, 1.165) is 33.4 Å². The fraction of sp³-hybridized carbons (Fsp3) is 0.227. The van der Waals surface area contributed by atoms with E-state index >= 15 is 0 Å². The maximum absolute atomic E-state index is 13.9. The number of rotatable bonds is 13. The van der Waals surface area contributed by atoms with E-state index in [0.29, 0.717) is 43.8 Å². The van der Waals surface area contributed by atoms with Crippen LogP contribution in [0.25, 0.3) is 0 Å². The predicted octanol–water partition coefficient (Wildman–Crippen LogP) is 19.1. The first-order valence-corrected chi connectivity index (χ1v) is 30.7. The Morgan fingerprint density at radius 3 is 1.12 bits per heavy atom. The van der Waals surface area contributed by atoms with E-state index in [2.05, 4.69) is 55.4 Å². The Balaban J connectivity index is 0.000000280. The number of carbonyl (C=O) groups is 2. The van der Waals surface area contributed by atoms with Gasteiger partial charge < -0.3 is 48.1 Å². The van der Waals surface area contributed by atoms with Gasteiger partial charge in [0.25, 0.3) is 0 Å². The number of fused-ring (bicyclic) bond motifs is 3. The SMILES string of the molecule is CC(C)(C)c1cc2c(c(C(=O)OCc3ccccc3)c1)OCOc1c(cc(C(C)(C)C)cc1C(=O)OCc1ccccc1)COc1ccccc1OC2.Oc1c(Cl)cc(Cl)cc1COCCOCc1cc(Cl)cc(Cl)c1O.[CH2-]c1ccccc1.[CH2-]c1ccccc1.[Hf]. The number of ether oxygens (including phenoxy) is 8. The van der Waals surface area contributed by atoms with Crippen LogP contribution in [0.1, 0.15) is 118 Å². The average Bonchev–Trinajstić information content (AvgIpc) is 0.966. The summed E-state index contributed by atoms with van der Waals surface area (Å²) in [6.07, 6.45) is 0. The Hall–Kier alpha value is -7.59. The van der Waals surface area contributed by atoms with Crippen LogP contribution in [-0.2, 0) is 95.3 Å². The summed E-state index contributed by atoms with van der Waals surface area (Å²) in [7, 11) is 0. The molecule has 0 bridgehead atoms. The van der Waals surface area contributed by atoms with Gasteiger partial charge in [0.15, 0.2) is 11.5 Å². The molecule has 9 aromatic carbocycles. The Bertz CT molecular complexity index is 3560. The Kier molecular flexibility index (Phi) is 28.8. The standard InChI is InChI=1S/C45H46O8.C16H14Cl4O4.2C7H7.Hf/c1-44(2,3)34-21-32-27-48-38-19-13-14-20-39(38)49-28-33-22-35(45(4,5)6)24-37(43(47)51-26-31-17-11-8-12-18-31)41(33)53-29-52-40(32)36(23-34)42(46)50-25-30-15-9-7-10-16-30;17-11-3-9(15(21)13(19)5-11)7-23-1-2-24-8-10-4-12(18)6-14(20)16(10)22;2*1-7-5-3-2-4-6-7;/h7-24H,25-29H2,1-6H3;3-6,21-22H,1-2,7-8H2;2*2-6H,1H2;/q;;2*-1;. The molecule has 1 aliphatic heterocycles. The third kappa shape index (κ3) is 22.9. The topological polar surface area (TPSA) is 148 Å². The van der Waals surface area contributed by atoms with Crippen molar-refractivity contribution >= 4 is 58.3 Å². The van der Waals surface area contributed by atoms with Gasteiger partial charge in [0, 0.05) is 58.1 Å². The van der Waals surface area contributed by atoms with Gasteiger partial charge in [-0.1, -0.05) is 173 Å². The predicted molar refractivity (Wildman–Crippen MR) is 360 cm³/mol. The van der Waals surface area contributed by atoms with E-state index in [1.54, 1.807) is 24.3 Å². The molecule has 0 saturated heterocycles. The molecule has 0 saturated carbocycles. The molecule has 12 nitrogen and oxygen atoms in total. The second-order valence-corrected chi connectivity index (χ2v) is 24.6. The van der Waals surface area contributed by atoms with Gasteiger partial charge in [-0.05, 0) is 93.7 Å². The number of hydrogen-bond acceptors (Lipinski definition) is 12. The van der Waals surface area contributed by atoms with Crippen molar-refractivity contribution in [2.24, 2.45) is 0 Å². The van der Waals surface area contributed by atoms with Crippen LogP contribution in [0.5, 0.6) is 34.5 Å². The van der Waals surface area contributed by atoms with Crippen LogP contribution in [0, 0.1) is 13.8 Å². The summed E-state index contributed by atoms with van der Waals surface area (Å²) in [5.41, 5.74) is 7.71. The normalized spacial score (nSPS) is 11.7. The van der Waals surface area contributed by atoms with Crippen molar-refractivity contribution in [3.8, 4) is 34.5 Å². The van der Waals surface area contributed by atoms with Crippen LogP contribution >= 0.6 is 46.4 Å². The molecule has 1 aliphatic rings. The van der Waals surface area contributed by atoms with E-state index < -0.39 is 11.9 Å². The molecule has 0 atom stereocenters. The fourth-order valence-electron chi connectivity index (χ4n) is 8.75. The smallest absolute Gasteiger partial charge is 0.342 e.